The van der Waals surface area contributed by atoms with Gasteiger partial charge in [0.05, 0.1) is 12.5 Å². The van der Waals surface area contributed by atoms with Crippen molar-refractivity contribution in [1.29, 1.82) is 0 Å². The monoisotopic (exact) mass is 367 g/mol. The average Bonchev–Trinajstić information content (AvgIpc) is 3.18. The minimum atomic E-state index is -0.271. The van der Waals surface area contributed by atoms with Gasteiger partial charge in [-0.2, -0.15) is 0 Å². The van der Waals surface area contributed by atoms with Crippen LogP contribution in [0.1, 0.15) is 12.8 Å². The van der Waals surface area contributed by atoms with E-state index in [2.05, 4.69) is 42.6 Å². The average molecular weight is 368 g/mol. The van der Waals surface area contributed by atoms with Crippen molar-refractivity contribution in [3.8, 4) is 0 Å². The maximum absolute atomic E-state index is 10.9. The Morgan fingerprint density at radius 2 is 2.18 bits per heavy atom. The molecule has 1 saturated heterocycles. The maximum Gasteiger partial charge on any atom is 0.414 e. The molecule has 118 valence electrons. The largest absolute Gasteiger partial charge is 0.419 e. The summed E-state index contributed by atoms with van der Waals surface area (Å²) >= 11 is 3.34. The summed E-state index contributed by atoms with van der Waals surface area (Å²) in [5.74, 6) is 0.821. The zero-order valence-corrected chi connectivity index (χ0v) is 13.9. The molecule has 0 aromatic carbocycles. The normalized spacial score (nSPS) is 13.5. The van der Waals surface area contributed by atoms with Gasteiger partial charge in [-0.3, -0.25) is 0 Å². The Kier molecular flexibility index (Phi) is 5.76. The van der Waals surface area contributed by atoms with Gasteiger partial charge in [0.15, 0.2) is 5.65 Å². The van der Waals surface area contributed by atoms with Gasteiger partial charge in [0.25, 0.3) is 0 Å². The van der Waals surface area contributed by atoms with E-state index in [1.807, 2.05) is 19.2 Å². The van der Waals surface area contributed by atoms with Crippen molar-refractivity contribution in [3.63, 3.8) is 0 Å². The fourth-order valence-electron chi connectivity index (χ4n) is 2.02. The predicted octanol–water partition coefficient (Wildman–Crippen LogP) is 2.90. The summed E-state index contributed by atoms with van der Waals surface area (Å²) < 4.78 is 7.16. The van der Waals surface area contributed by atoms with Crippen molar-refractivity contribution in [2.45, 2.75) is 12.8 Å². The van der Waals surface area contributed by atoms with Crippen LogP contribution in [0.5, 0.6) is 0 Å². The van der Waals surface area contributed by atoms with Gasteiger partial charge in [0.2, 0.25) is 0 Å². The SMILES string of the molecule is C=COC(=O)N1CCCC1.CNc1ccc2ncc(Br)n2n1. The van der Waals surface area contributed by atoms with Gasteiger partial charge >= 0.3 is 6.09 Å². The highest BCUT2D eigenvalue weighted by atomic mass is 79.9. The molecule has 0 bridgehead atoms. The second kappa shape index (κ2) is 7.79. The summed E-state index contributed by atoms with van der Waals surface area (Å²) in [6, 6.07) is 3.79. The number of nitrogens with one attached hydrogen (secondary N) is 1. The van der Waals surface area contributed by atoms with E-state index >= 15 is 0 Å². The lowest BCUT2D eigenvalue weighted by molar-refractivity contribution is 0.147. The van der Waals surface area contributed by atoms with Gasteiger partial charge in [0.1, 0.15) is 10.4 Å². The number of hydrogen-bond acceptors (Lipinski definition) is 5. The van der Waals surface area contributed by atoms with Crippen molar-refractivity contribution < 1.29 is 9.53 Å². The number of rotatable bonds is 2. The molecule has 1 amide bonds. The van der Waals surface area contributed by atoms with Crippen LogP contribution in [0, 0.1) is 0 Å². The van der Waals surface area contributed by atoms with E-state index < -0.39 is 0 Å². The number of aromatic nitrogens is 3. The number of anilines is 1. The van der Waals surface area contributed by atoms with E-state index in [4.69, 9.17) is 0 Å². The Labute approximate surface area is 137 Å². The molecule has 0 unspecified atom stereocenters. The first-order chi connectivity index (χ1) is 10.7. The Bertz CT molecular complexity index is 652. The van der Waals surface area contributed by atoms with Crippen molar-refractivity contribution in [2.24, 2.45) is 0 Å². The number of imidazole rings is 1. The molecule has 2 aromatic heterocycles. The van der Waals surface area contributed by atoms with Gasteiger partial charge in [-0.15, -0.1) is 5.10 Å². The third-order valence-corrected chi connectivity index (χ3v) is 3.67. The van der Waals surface area contributed by atoms with Gasteiger partial charge in [0, 0.05) is 20.1 Å². The summed E-state index contributed by atoms with van der Waals surface area (Å²) in [6.07, 6.45) is 4.80. The van der Waals surface area contributed by atoms with Crippen LogP contribution >= 0.6 is 15.9 Å². The van der Waals surface area contributed by atoms with Crippen LogP contribution in [-0.2, 0) is 4.74 Å². The zero-order valence-electron chi connectivity index (χ0n) is 12.3. The Morgan fingerprint density at radius 3 is 2.82 bits per heavy atom. The molecule has 0 saturated carbocycles. The quantitative estimate of drug-likeness (QED) is 0.826. The number of fused-ring (bicyclic) bond motifs is 1. The minimum Gasteiger partial charge on any atom is -0.419 e. The highest BCUT2D eigenvalue weighted by Crippen LogP contribution is 2.12. The highest BCUT2D eigenvalue weighted by molar-refractivity contribution is 9.10. The number of amides is 1. The van der Waals surface area contributed by atoms with Crippen LogP contribution in [0.15, 0.2) is 35.8 Å². The van der Waals surface area contributed by atoms with Gasteiger partial charge in [-0.1, -0.05) is 6.58 Å². The van der Waals surface area contributed by atoms with Gasteiger partial charge < -0.3 is 15.0 Å². The number of halogens is 1. The number of hydrogen-bond donors (Lipinski definition) is 1. The van der Waals surface area contributed by atoms with Crippen LogP contribution < -0.4 is 5.32 Å². The molecule has 0 radical (unpaired) electrons. The Morgan fingerprint density at radius 1 is 1.45 bits per heavy atom. The van der Waals surface area contributed by atoms with Crippen molar-refractivity contribution in [2.75, 3.05) is 25.5 Å². The fraction of sp³-hybridized carbons (Fsp3) is 0.357. The molecule has 0 atom stereocenters. The summed E-state index contributed by atoms with van der Waals surface area (Å²) in [4.78, 5) is 16.7. The molecule has 1 aliphatic rings. The van der Waals surface area contributed by atoms with Gasteiger partial charge in [-0.05, 0) is 40.9 Å². The number of carbonyl (C=O) groups is 1. The van der Waals surface area contributed by atoms with Crippen LogP contribution in [0.3, 0.4) is 0 Å². The molecule has 3 heterocycles. The van der Waals surface area contributed by atoms with E-state index in [1.54, 1.807) is 15.6 Å². The Hall–Kier alpha value is -2.09. The molecular formula is C14H18BrN5O2. The molecule has 1 N–H and O–H groups in total. The number of ether oxygens (including phenoxy) is 1. The molecular weight excluding hydrogens is 350 g/mol. The lowest BCUT2D eigenvalue weighted by atomic mass is 10.4. The maximum atomic E-state index is 10.9. The standard InChI is InChI=1S/C7H7BrN4.C7H11NO2/c1-9-6-2-3-7-10-4-5(8)12(7)11-6;1-2-10-7(9)8-5-3-4-6-8/h2-4H,1H3,(H,9,11);2H,1,3-6H2. The number of likely N-dealkylation sites (tertiary alicyclic amines) is 1. The molecule has 7 nitrogen and oxygen atoms in total. The third-order valence-electron chi connectivity index (χ3n) is 3.13. The van der Waals surface area contributed by atoms with Crippen LogP contribution in [-0.4, -0.2) is 45.7 Å². The molecule has 0 aliphatic carbocycles. The summed E-state index contributed by atoms with van der Waals surface area (Å²) in [7, 11) is 1.83. The van der Waals surface area contributed by atoms with Crippen LogP contribution in [0.25, 0.3) is 5.65 Å². The molecule has 2 aromatic rings. The minimum absolute atomic E-state index is 0.271. The smallest absolute Gasteiger partial charge is 0.414 e. The second-order valence-electron chi connectivity index (χ2n) is 4.56. The first-order valence-corrected chi connectivity index (χ1v) is 7.69. The molecule has 1 fully saturated rings. The van der Waals surface area contributed by atoms with E-state index in [0.29, 0.717) is 0 Å². The van der Waals surface area contributed by atoms with Crippen LogP contribution in [0.2, 0.25) is 0 Å². The van der Waals surface area contributed by atoms with E-state index in [0.717, 1.165) is 42.0 Å². The summed E-state index contributed by atoms with van der Waals surface area (Å²) in [5.41, 5.74) is 0.834. The first kappa shape index (κ1) is 16.3. The predicted molar refractivity (Wildman–Crippen MR) is 87.7 cm³/mol. The third kappa shape index (κ3) is 3.97. The van der Waals surface area contributed by atoms with E-state index in [-0.39, 0.29) is 6.09 Å². The molecule has 22 heavy (non-hydrogen) atoms. The first-order valence-electron chi connectivity index (χ1n) is 6.90. The highest BCUT2D eigenvalue weighted by Gasteiger charge is 2.17. The molecule has 1 aliphatic heterocycles. The molecule has 8 heteroatoms. The molecule has 3 rings (SSSR count). The molecule has 0 spiro atoms. The van der Waals surface area contributed by atoms with Crippen molar-refractivity contribution >= 4 is 33.5 Å². The number of nitrogens with zero attached hydrogens (tertiary/aromatic N) is 4. The lowest BCUT2D eigenvalue weighted by Gasteiger charge is -2.11. The van der Waals surface area contributed by atoms with E-state index in [1.165, 1.54) is 6.26 Å². The topological polar surface area (TPSA) is 71.8 Å². The lowest BCUT2D eigenvalue weighted by Crippen LogP contribution is -2.26. The zero-order chi connectivity index (χ0) is 15.9. The van der Waals surface area contributed by atoms with E-state index in [9.17, 15) is 4.79 Å². The fourth-order valence-corrected chi connectivity index (χ4v) is 2.39. The summed E-state index contributed by atoms with van der Waals surface area (Å²) in [5, 5.41) is 7.20. The summed E-state index contributed by atoms with van der Waals surface area (Å²) in [6.45, 7) is 4.95. The second-order valence-corrected chi connectivity index (χ2v) is 5.38. The van der Waals surface area contributed by atoms with Gasteiger partial charge in [-0.25, -0.2) is 14.3 Å². The Balaban J connectivity index is 0.000000164. The van der Waals surface area contributed by atoms with Crippen LogP contribution in [0.4, 0.5) is 10.6 Å². The van der Waals surface area contributed by atoms with Crippen molar-refractivity contribution in [3.05, 3.63) is 35.8 Å². The number of carbonyl (C=O) groups excluding carboxylic acids is 1. The van der Waals surface area contributed by atoms with Crippen molar-refractivity contribution in [1.82, 2.24) is 19.5 Å².